The predicted octanol–water partition coefficient (Wildman–Crippen LogP) is 1.68. The van der Waals surface area contributed by atoms with Gasteiger partial charge in [-0.1, -0.05) is 0 Å². The van der Waals surface area contributed by atoms with Crippen molar-refractivity contribution in [2.75, 3.05) is 36.5 Å². The lowest BCUT2D eigenvalue weighted by atomic mass is 10.1. The van der Waals surface area contributed by atoms with Crippen LogP contribution in [0.3, 0.4) is 0 Å². The average molecular weight is 403 g/mol. The molecule has 1 saturated carbocycles. The lowest BCUT2D eigenvalue weighted by Crippen LogP contribution is -2.38. The van der Waals surface area contributed by atoms with Crippen molar-refractivity contribution in [3.63, 3.8) is 0 Å². The number of carbonyl (C=O) groups is 2. The Morgan fingerprint density at radius 2 is 1.75 bits per heavy atom. The van der Waals surface area contributed by atoms with Crippen LogP contribution in [0.5, 0.6) is 0 Å². The molecule has 1 aromatic carbocycles. The van der Waals surface area contributed by atoms with Crippen LogP contribution in [0, 0.1) is 5.92 Å². The molecule has 0 atom stereocenters. The molecule has 0 spiro atoms. The summed E-state index contributed by atoms with van der Waals surface area (Å²) in [5.74, 6) is -0.262. The Morgan fingerprint density at radius 3 is 2.39 bits per heavy atom. The molecule has 8 nitrogen and oxygen atoms in total. The number of hydrogen-bond donors (Lipinski definition) is 1. The number of carbonyl (C=O) groups excluding carboxylic acids is 2. The van der Waals surface area contributed by atoms with Crippen LogP contribution >= 0.6 is 0 Å². The summed E-state index contributed by atoms with van der Waals surface area (Å²) in [6.07, 6.45) is 4.30. The Morgan fingerprint density at radius 1 is 1.07 bits per heavy atom. The largest absolute Gasteiger partial charge is 0.378 e. The van der Waals surface area contributed by atoms with Crippen molar-refractivity contribution in [3.8, 4) is 0 Å². The van der Waals surface area contributed by atoms with Gasteiger partial charge in [-0.05, 0) is 31.0 Å². The number of nitrogens with zero attached hydrogens (tertiary/aromatic N) is 2. The summed E-state index contributed by atoms with van der Waals surface area (Å²) in [6, 6.07) is 5.17. The van der Waals surface area contributed by atoms with Gasteiger partial charge in [0, 0.05) is 37.1 Å². The summed E-state index contributed by atoms with van der Waals surface area (Å²) >= 11 is 0. The summed E-state index contributed by atoms with van der Waals surface area (Å²) in [4.78, 5) is 28.4. The number of hydrogen-bond acceptors (Lipinski definition) is 6. The summed E-state index contributed by atoms with van der Waals surface area (Å²) in [5.41, 5.74) is 1.76. The third kappa shape index (κ3) is 4.10. The number of benzene rings is 1. The molecule has 2 amide bonds. The van der Waals surface area contributed by atoms with Crippen LogP contribution in [0.4, 0.5) is 11.4 Å². The Bertz CT molecular complexity index is 940. The molecule has 0 aromatic heterocycles. The van der Waals surface area contributed by atoms with E-state index >= 15 is 0 Å². The molecule has 0 bridgehead atoms. The molecular formula is C19H21N3O5S. The van der Waals surface area contributed by atoms with Gasteiger partial charge in [-0.3, -0.25) is 14.5 Å². The second-order valence-electron chi connectivity index (χ2n) is 6.97. The van der Waals surface area contributed by atoms with Gasteiger partial charge in [0.15, 0.2) is 9.84 Å². The molecule has 2 heterocycles. The third-order valence-electron chi connectivity index (χ3n) is 4.85. The number of morpholine rings is 1. The highest BCUT2D eigenvalue weighted by Crippen LogP contribution is 2.32. The van der Waals surface area contributed by atoms with Gasteiger partial charge in [0.05, 0.1) is 35.3 Å². The number of anilines is 2. The van der Waals surface area contributed by atoms with Gasteiger partial charge in [-0.15, -0.1) is 0 Å². The fraction of sp³-hybridized carbons (Fsp3) is 0.368. The summed E-state index contributed by atoms with van der Waals surface area (Å²) in [5, 5.41) is 4.89. The van der Waals surface area contributed by atoms with Crippen molar-refractivity contribution in [2.24, 2.45) is 5.92 Å². The van der Waals surface area contributed by atoms with E-state index in [4.69, 9.17) is 4.74 Å². The molecule has 1 aliphatic carbocycles. The highest BCUT2D eigenvalue weighted by Gasteiger charge is 2.30. The zero-order valence-electron chi connectivity index (χ0n) is 15.2. The molecule has 0 unspecified atom stereocenters. The SMILES string of the molecule is O=C(Nc1ccc(C(=O)N2C=CS(=O)(=O)C=C2)c(N2CCOCC2)c1)C1CC1. The van der Waals surface area contributed by atoms with Gasteiger partial charge in [-0.25, -0.2) is 8.42 Å². The van der Waals surface area contributed by atoms with Crippen molar-refractivity contribution in [1.82, 2.24) is 4.90 Å². The van der Waals surface area contributed by atoms with Gasteiger partial charge in [-0.2, -0.15) is 0 Å². The zero-order valence-corrected chi connectivity index (χ0v) is 16.0. The van der Waals surface area contributed by atoms with E-state index in [1.165, 1.54) is 17.3 Å². The maximum absolute atomic E-state index is 13.0. The van der Waals surface area contributed by atoms with Crippen LogP contribution < -0.4 is 10.2 Å². The second kappa shape index (κ2) is 7.40. The lowest BCUT2D eigenvalue weighted by Gasteiger charge is -2.31. The minimum atomic E-state index is -3.41. The first-order chi connectivity index (χ1) is 13.4. The Labute approximate surface area is 163 Å². The Hall–Kier alpha value is -2.65. The molecule has 1 aromatic rings. The lowest BCUT2D eigenvalue weighted by molar-refractivity contribution is -0.117. The van der Waals surface area contributed by atoms with Gasteiger partial charge in [0.2, 0.25) is 5.91 Å². The van der Waals surface area contributed by atoms with Crippen LogP contribution in [0.1, 0.15) is 23.2 Å². The summed E-state index contributed by atoms with van der Waals surface area (Å²) in [6.45, 7) is 2.35. The molecule has 0 radical (unpaired) electrons. The van der Waals surface area contributed by atoms with Crippen LogP contribution in [0.25, 0.3) is 0 Å². The first-order valence-corrected chi connectivity index (χ1v) is 10.8. The van der Waals surface area contributed by atoms with Gasteiger partial charge in [0.1, 0.15) is 0 Å². The van der Waals surface area contributed by atoms with E-state index < -0.39 is 9.84 Å². The quantitative estimate of drug-likeness (QED) is 0.822. The van der Waals surface area contributed by atoms with E-state index in [2.05, 4.69) is 5.32 Å². The number of amides is 2. The van der Waals surface area contributed by atoms with Gasteiger partial charge < -0.3 is 15.0 Å². The highest BCUT2D eigenvalue weighted by molar-refractivity contribution is 7.97. The molecule has 3 aliphatic rings. The molecule has 2 fully saturated rings. The fourth-order valence-corrected chi connectivity index (χ4v) is 3.81. The van der Waals surface area contributed by atoms with Crippen LogP contribution in [-0.2, 0) is 19.4 Å². The van der Waals surface area contributed by atoms with Gasteiger partial charge in [0.25, 0.3) is 5.91 Å². The summed E-state index contributed by atoms with van der Waals surface area (Å²) < 4.78 is 28.4. The van der Waals surface area contributed by atoms with Crippen molar-refractivity contribution < 1.29 is 22.7 Å². The molecule has 9 heteroatoms. The number of nitrogens with one attached hydrogen (secondary N) is 1. The molecular weight excluding hydrogens is 382 g/mol. The second-order valence-corrected chi connectivity index (χ2v) is 8.69. The van der Waals surface area contributed by atoms with E-state index in [0.717, 1.165) is 23.7 Å². The predicted molar refractivity (Wildman–Crippen MR) is 104 cm³/mol. The van der Waals surface area contributed by atoms with E-state index in [0.29, 0.717) is 43.2 Å². The Balaban J connectivity index is 1.64. The number of rotatable bonds is 4. The maximum Gasteiger partial charge on any atom is 0.263 e. The first kappa shape index (κ1) is 18.7. The van der Waals surface area contributed by atoms with E-state index in [1.807, 2.05) is 4.90 Å². The van der Waals surface area contributed by atoms with Crippen LogP contribution in [0.15, 0.2) is 41.4 Å². The standard InChI is InChI=1S/C19H21N3O5S/c23-18(14-1-2-14)20-15-3-4-16(17(13-15)21-5-9-27-10-6-21)19(24)22-7-11-28(25,26)12-8-22/h3-4,7-8,11-14H,1-2,5-6,9-10H2,(H,20,23). The zero-order chi connectivity index (χ0) is 19.7. The molecule has 148 valence electrons. The van der Waals surface area contributed by atoms with E-state index in [-0.39, 0.29) is 17.7 Å². The topological polar surface area (TPSA) is 96.0 Å². The van der Waals surface area contributed by atoms with Crippen molar-refractivity contribution in [1.29, 1.82) is 0 Å². The maximum atomic E-state index is 13.0. The van der Waals surface area contributed by atoms with E-state index in [9.17, 15) is 18.0 Å². The molecule has 2 aliphatic heterocycles. The molecule has 1 saturated heterocycles. The van der Waals surface area contributed by atoms with E-state index in [1.54, 1.807) is 18.2 Å². The molecule has 28 heavy (non-hydrogen) atoms. The first-order valence-electron chi connectivity index (χ1n) is 9.15. The summed E-state index contributed by atoms with van der Waals surface area (Å²) in [7, 11) is -3.41. The van der Waals surface area contributed by atoms with Crippen molar-refractivity contribution in [2.45, 2.75) is 12.8 Å². The smallest absolute Gasteiger partial charge is 0.263 e. The van der Waals surface area contributed by atoms with Crippen molar-refractivity contribution in [3.05, 3.63) is 47.0 Å². The van der Waals surface area contributed by atoms with Crippen LogP contribution in [-0.4, -0.2) is 51.4 Å². The Kier molecular flexibility index (Phi) is 4.94. The third-order valence-corrected chi connectivity index (χ3v) is 5.85. The van der Waals surface area contributed by atoms with Gasteiger partial charge >= 0.3 is 0 Å². The molecule has 1 N–H and O–H groups in total. The monoisotopic (exact) mass is 403 g/mol. The number of sulfone groups is 1. The minimum Gasteiger partial charge on any atom is -0.378 e. The normalized spacial score (nSPS) is 20.9. The fourth-order valence-electron chi connectivity index (χ4n) is 3.12. The van der Waals surface area contributed by atoms with Crippen LogP contribution in [0.2, 0.25) is 0 Å². The average Bonchev–Trinajstić information content (AvgIpc) is 3.53. The van der Waals surface area contributed by atoms with Crippen molar-refractivity contribution >= 4 is 33.0 Å². The molecule has 4 rings (SSSR count). The number of ether oxygens (including phenoxy) is 1. The minimum absolute atomic E-state index is 0.000826. The highest BCUT2D eigenvalue weighted by atomic mass is 32.2.